The van der Waals surface area contributed by atoms with Gasteiger partial charge in [0.1, 0.15) is 11.8 Å². The van der Waals surface area contributed by atoms with Crippen LogP contribution in [0, 0.1) is 11.3 Å². The number of hydrogen-bond acceptors (Lipinski definition) is 6. The zero-order valence-electron chi connectivity index (χ0n) is 20.0. The second kappa shape index (κ2) is 8.40. The molecule has 35 heavy (non-hydrogen) atoms. The molecule has 0 bridgehead atoms. The fraction of sp³-hybridized carbons (Fsp3) is 0.308. The Morgan fingerprint density at radius 1 is 1.23 bits per heavy atom. The standard InChI is InChI=1S/C26H23Cl2N7/c1-26(8-9-26)32-23-15(12-29)13-30-24-19(23)10-16(11-21(24)28)31-25(18-4-2-3-5-20(18)27)22-14-35(34-33-22)17-6-7-17/h2-5,10-11,13-14,17,25,31H,6-9H2,1H3,(H,30,32)/i25D. The molecule has 0 amide bonds. The largest absolute Gasteiger partial charge is 0.378 e. The summed E-state index contributed by atoms with van der Waals surface area (Å²) in [4.78, 5) is 4.44. The van der Waals surface area contributed by atoms with Crippen molar-refractivity contribution >= 4 is 45.5 Å². The predicted octanol–water partition coefficient (Wildman–Crippen LogP) is 6.51. The van der Waals surface area contributed by atoms with Gasteiger partial charge in [-0.1, -0.05) is 46.6 Å². The van der Waals surface area contributed by atoms with Crippen LogP contribution in [0.15, 0.2) is 48.8 Å². The molecule has 176 valence electrons. The van der Waals surface area contributed by atoms with Gasteiger partial charge in [-0.15, -0.1) is 5.10 Å². The molecule has 7 nitrogen and oxygen atoms in total. The maximum absolute atomic E-state index is 9.76. The first kappa shape index (κ1) is 21.0. The Morgan fingerprint density at radius 2 is 2.03 bits per heavy atom. The summed E-state index contributed by atoms with van der Waals surface area (Å²) < 4.78 is 11.4. The molecule has 0 saturated heterocycles. The number of nitrogens with one attached hydrogen (secondary N) is 2. The van der Waals surface area contributed by atoms with E-state index in [1.54, 1.807) is 30.6 Å². The molecule has 0 radical (unpaired) electrons. The van der Waals surface area contributed by atoms with E-state index in [0.717, 1.165) is 25.7 Å². The highest BCUT2D eigenvalue weighted by Gasteiger charge is 2.38. The van der Waals surface area contributed by atoms with Crippen LogP contribution in [0.4, 0.5) is 11.4 Å². The molecule has 9 heteroatoms. The number of aromatic nitrogens is 4. The van der Waals surface area contributed by atoms with Crippen molar-refractivity contribution in [2.75, 3.05) is 10.6 Å². The molecule has 2 saturated carbocycles. The Morgan fingerprint density at radius 3 is 2.74 bits per heavy atom. The first-order chi connectivity index (χ1) is 17.3. The van der Waals surface area contributed by atoms with Crippen molar-refractivity contribution in [3.63, 3.8) is 0 Å². The van der Waals surface area contributed by atoms with E-state index in [1.807, 2.05) is 22.9 Å². The minimum Gasteiger partial charge on any atom is -0.378 e. The van der Waals surface area contributed by atoms with Crippen molar-refractivity contribution < 1.29 is 1.37 Å². The normalized spacial score (nSPS) is 18.4. The van der Waals surface area contributed by atoms with Crippen LogP contribution in [-0.4, -0.2) is 25.5 Å². The highest BCUT2D eigenvalue weighted by molar-refractivity contribution is 6.36. The van der Waals surface area contributed by atoms with Gasteiger partial charge in [-0.05, 0) is 56.4 Å². The topological polar surface area (TPSA) is 91.5 Å². The van der Waals surface area contributed by atoms with Gasteiger partial charge in [0, 0.05) is 27.8 Å². The van der Waals surface area contributed by atoms with Gasteiger partial charge in [-0.2, -0.15) is 5.26 Å². The second-order valence-electron chi connectivity index (χ2n) is 9.49. The third-order valence-corrected chi connectivity index (χ3v) is 7.19. The monoisotopic (exact) mass is 504 g/mol. The summed E-state index contributed by atoms with van der Waals surface area (Å²) in [5.41, 5.74) is 3.20. The first-order valence-electron chi connectivity index (χ1n) is 12.1. The van der Waals surface area contributed by atoms with Crippen molar-refractivity contribution in [1.29, 1.82) is 5.26 Å². The maximum Gasteiger partial charge on any atom is 0.110 e. The van der Waals surface area contributed by atoms with Crippen LogP contribution >= 0.6 is 23.2 Å². The van der Waals surface area contributed by atoms with Crippen LogP contribution in [0.25, 0.3) is 10.9 Å². The molecule has 0 aliphatic heterocycles. The number of nitriles is 1. The van der Waals surface area contributed by atoms with Crippen molar-refractivity contribution in [3.05, 3.63) is 75.7 Å². The third-order valence-electron chi connectivity index (χ3n) is 6.57. The number of halogens is 2. The lowest BCUT2D eigenvalue weighted by Crippen LogP contribution is -2.17. The number of hydrogen-bond donors (Lipinski definition) is 2. The van der Waals surface area contributed by atoms with Crippen LogP contribution in [0.5, 0.6) is 0 Å². The molecule has 4 aromatic rings. The summed E-state index contributed by atoms with van der Waals surface area (Å²) in [6.07, 6.45) is 7.50. The molecule has 1 unspecified atom stereocenters. The van der Waals surface area contributed by atoms with Crippen molar-refractivity contribution in [1.82, 2.24) is 20.0 Å². The molecule has 2 N–H and O–H groups in total. The van der Waals surface area contributed by atoms with E-state index < -0.39 is 6.02 Å². The van der Waals surface area contributed by atoms with Crippen LogP contribution in [0.3, 0.4) is 0 Å². The van der Waals surface area contributed by atoms with Gasteiger partial charge in [0.05, 0.1) is 41.4 Å². The highest BCUT2D eigenvalue weighted by Crippen LogP contribution is 2.43. The molecule has 6 rings (SSSR count). The van der Waals surface area contributed by atoms with E-state index in [1.165, 1.54) is 0 Å². The molecule has 2 aromatic carbocycles. The summed E-state index contributed by atoms with van der Waals surface area (Å²) in [5.74, 6) is 0. The summed E-state index contributed by atoms with van der Waals surface area (Å²) >= 11 is 13.3. The van der Waals surface area contributed by atoms with Gasteiger partial charge in [-0.3, -0.25) is 4.98 Å². The minimum atomic E-state index is -1.54. The Kier molecular flexibility index (Phi) is 5.04. The molecule has 1 atom stereocenters. The lowest BCUT2D eigenvalue weighted by molar-refractivity contribution is 0.610. The fourth-order valence-corrected chi connectivity index (χ4v) is 4.65. The molecule has 0 spiro atoms. The fourth-order valence-electron chi connectivity index (χ4n) is 4.15. The SMILES string of the molecule is [2H]C(Nc1cc(Cl)c2ncc(C#N)c(NC3(C)CC3)c2c1)(c1cn(C2CC2)nn1)c1ccccc1Cl. The molecular formula is C26H23Cl2N7. The van der Waals surface area contributed by atoms with E-state index in [2.05, 4.69) is 38.9 Å². The average molecular weight is 505 g/mol. The Balaban J connectivity index is 1.49. The predicted molar refractivity (Wildman–Crippen MR) is 138 cm³/mol. The smallest absolute Gasteiger partial charge is 0.110 e. The highest BCUT2D eigenvalue weighted by atomic mass is 35.5. The number of benzene rings is 2. The third kappa shape index (κ3) is 4.29. The Labute approximate surface area is 214 Å². The number of rotatable bonds is 7. The van der Waals surface area contributed by atoms with Crippen molar-refractivity contribution in [2.45, 2.75) is 50.2 Å². The number of fused-ring (bicyclic) bond motifs is 1. The van der Waals surface area contributed by atoms with E-state index >= 15 is 0 Å². The van der Waals surface area contributed by atoms with E-state index in [4.69, 9.17) is 23.2 Å². The average Bonchev–Trinajstić information content (AvgIpc) is 3.78. The quantitative estimate of drug-likeness (QED) is 0.298. The molecule has 2 heterocycles. The summed E-state index contributed by atoms with van der Waals surface area (Å²) in [6, 6.07) is 11.8. The Hall–Kier alpha value is -3.34. The van der Waals surface area contributed by atoms with E-state index in [9.17, 15) is 6.63 Å². The van der Waals surface area contributed by atoms with E-state index in [0.29, 0.717) is 55.2 Å². The first-order valence-corrected chi connectivity index (χ1v) is 12.3. The summed E-state index contributed by atoms with van der Waals surface area (Å²) in [5, 5.41) is 26.8. The van der Waals surface area contributed by atoms with Gasteiger partial charge >= 0.3 is 0 Å². The lowest BCUT2D eigenvalue weighted by Gasteiger charge is -2.21. The summed E-state index contributed by atoms with van der Waals surface area (Å²) in [6.45, 7) is 2.12. The Bertz CT molecular complexity index is 1540. The molecular weight excluding hydrogens is 481 g/mol. The van der Waals surface area contributed by atoms with Gasteiger partial charge in [0.2, 0.25) is 0 Å². The number of nitrogens with zero attached hydrogens (tertiary/aromatic N) is 5. The molecule has 2 aromatic heterocycles. The van der Waals surface area contributed by atoms with Gasteiger partial charge in [0.15, 0.2) is 0 Å². The molecule has 2 aliphatic carbocycles. The molecule has 2 aliphatic rings. The zero-order valence-corrected chi connectivity index (χ0v) is 20.5. The maximum atomic E-state index is 9.76. The minimum absolute atomic E-state index is 0.0617. The zero-order chi connectivity index (χ0) is 25.1. The van der Waals surface area contributed by atoms with Crippen LogP contribution in [0.1, 0.15) is 62.9 Å². The van der Waals surface area contributed by atoms with Crippen LogP contribution < -0.4 is 10.6 Å². The van der Waals surface area contributed by atoms with Gasteiger partial charge in [0.25, 0.3) is 0 Å². The second-order valence-corrected chi connectivity index (χ2v) is 10.3. The number of pyridine rings is 1. The van der Waals surface area contributed by atoms with Crippen LogP contribution in [-0.2, 0) is 0 Å². The molecule has 2 fully saturated rings. The van der Waals surface area contributed by atoms with Gasteiger partial charge < -0.3 is 10.6 Å². The van der Waals surface area contributed by atoms with Gasteiger partial charge in [-0.25, -0.2) is 4.68 Å². The lowest BCUT2D eigenvalue weighted by atomic mass is 10.0. The van der Waals surface area contributed by atoms with E-state index in [-0.39, 0.29) is 5.54 Å². The van der Waals surface area contributed by atoms with Crippen molar-refractivity contribution in [2.24, 2.45) is 0 Å². The number of anilines is 2. The summed E-state index contributed by atoms with van der Waals surface area (Å²) in [7, 11) is 0. The van der Waals surface area contributed by atoms with Crippen molar-refractivity contribution in [3.8, 4) is 6.07 Å². The van der Waals surface area contributed by atoms with Crippen LogP contribution in [0.2, 0.25) is 10.0 Å².